The summed E-state index contributed by atoms with van der Waals surface area (Å²) in [6.45, 7) is 1.60. The molecule has 0 spiro atoms. The number of halogens is 2. The summed E-state index contributed by atoms with van der Waals surface area (Å²) >= 11 is 11.9. The predicted octanol–water partition coefficient (Wildman–Crippen LogP) is 4.91. The normalized spacial score (nSPS) is 10.9. The molecule has 1 aromatic heterocycles. The second kappa shape index (κ2) is 5.55. The molecule has 0 amide bonds. The van der Waals surface area contributed by atoms with Crippen molar-refractivity contribution in [1.82, 2.24) is 0 Å². The fraction of sp³-hybridized carbons (Fsp3) is 0.0625. The molecule has 112 valence electrons. The highest BCUT2D eigenvalue weighted by atomic mass is 35.5. The van der Waals surface area contributed by atoms with Crippen LogP contribution in [0.1, 0.15) is 5.76 Å². The minimum Gasteiger partial charge on any atom is -0.508 e. The number of hydrogen-bond acceptors (Lipinski definition) is 4. The topological polar surface area (TPSA) is 59.7 Å². The molecule has 22 heavy (non-hydrogen) atoms. The molecule has 0 aliphatic rings. The Hall–Kier alpha value is -2.17. The van der Waals surface area contributed by atoms with E-state index < -0.39 is 0 Å². The number of aromatic hydroxyl groups is 1. The fourth-order valence-electron chi connectivity index (χ4n) is 2.06. The van der Waals surface area contributed by atoms with Gasteiger partial charge in [0.05, 0.1) is 10.4 Å². The first-order valence-corrected chi connectivity index (χ1v) is 7.10. The van der Waals surface area contributed by atoms with Crippen LogP contribution < -0.4 is 10.2 Å². The van der Waals surface area contributed by atoms with Gasteiger partial charge in [0.2, 0.25) is 11.2 Å². The van der Waals surface area contributed by atoms with Gasteiger partial charge >= 0.3 is 0 Å². The molecule has 3 rings (SSSR count). The fourth-order valence-corrected chi connectivity index (χ4v) is 2.38. The monoisotopic (exact) mass is 336 g/mol. The summed E-state index contributed by atoms with van der Waals surface area (Å²) in [5.74, 6) is 0.589. The number of phenolic OH excluding ortho intramolecular Hbond substituents is 1. The first-order chi connectivity index (χ1) is 10.5. The Balaban J connectivity index is 2.17. The third-order valence-electron chi connectivity index (χ3n) is 3.10. The van der Waals surface area contributed by atoms with E-state index in [2.05, 4.69) is 0 Å². The molecular formula is C16H10Cl2O4. The van der Waals surface area contributed by atoms with E-state index in [0.717, 1.165) is 0 Å². The van der Waals surface area contributed by atoms with Gasteiger partial charge in [-0.15, -0.1) is 0 Å². The van der Waals surface area contributed by atoms with Gasteiger partial charge in [0.25, 0.3) is 0 Å². The molecule has 0 saturated heterocycles. The van der Waals surface area contributed by atoms with E-state index in [9.17, 15) is 9.90 Å². The van der Waals surface area contributed by atoms with Crippen LogP contribution in [0.2, 0.25) is 10.0 Å². The van der Waals surface area contributed by atoms with Crippen LogP contribution in [-0.4, -0.2) is 5.11 Å². The SMILES string of the molecule is Cc1oc2cc(O)ccc2c(=O)c1Oc1cc(Cl)ccc1Cl. The molecule has 0 aliphatic heterocycles. The second-order valence-corrected chi connectivity index (χ2v) is 5.52. The van der Waals surface area contributed by atoms with Crippen LogP contribution in [0, 0.1) is 6.92 Å². The minimum atomic E-state index is -0.352. The summed E-state index contributed by atoms with van der Waals surface area (Å²) < 4.78 is 11.1. The van der Waals surface area contributed by atoms with Gasteiger partial charge in [0, 0.05) is 17.2 Å². The lowest BCUT2D eigenvalue weighted by molar-refractivity contribution is 0.435. The summed E-state index contributed by atoms with van der Waals surface area (Å²) in [6.07, 6.45) is 0. The first-order valence-electron chi connectivity index (χ1n) is 6.35. The highest BCUT2D eigenvalue weighted by Gasteiger charge is 2.15. The van der Waals surface area contributed by atoms with Crippen molar-refractivity contribution in [3.63, 3.8) is 0 Å². The lowest BCUT2D eigenvalue weighted by Crippen LogP contribution is -2.07. The van der Waals surface area contributed by atoms with Gasteiger partial charge < -0.3 is 14.3 Å². The van der Waals surface area contributed by atoms with E-state index >= 15 is 0 Å². The first kappa shape index (κ1) is 14.8. The van der Waals surface area contributed by atoms with Crippen molar-refractivity contribution >= 4 is 34.2 Å². The maximum absolute atomic E-state index is 12.5. The Morgan fingerprint density at radius 2 is 1.91 bits per heavy atom. The van der Waals surface area contributed by atoms with Gasteiger partial charge in [-0.1, -0.05) is 23.2 Å². The molecule has 0 atom stereocenters. The molecule has 0 saturated carbocycles. The van der Waals surface area contributed by atoms with Crippen LogP contribution in [0.25, 0.3) is 11.0 Å². The molecule has 0 aliphatic carbocycles. The number of fused-ring (bicyclic) bond motifs is 1. The van der Waals surface area contributed by atoms with Gasteiger partial charge in [-0.05, 0) is 31.2 Å². The highest BCUT2D eigenvalue weighted by Crippen LogP contribution is 2.33. The van der Waals surface area contributed by atoms with Crippen molar-refractivity contribution in [2.24, 2.45) is 0 Å². The summed E-state index contributed by atoms with van der Waals surface area (Å²) in [6, 6.07) is 8.97. The van der Waals surface area contributed by atoms with Crippen molar-refractivity contribution < 1.29 is 14.3 Å². The van der Waals surface area contributed by atoms with Crippen molar-refractivity contribution in [2.75, 3.05) is 0 Å². The summed E-state index contributed by atoms with van der Waals surface area (Å²) in [7, 11) is 0. The smallest absolute Gasteiger partial charge is 0.235 e. The summed E-state index contributed by atoms with van der Waals surface area (Å²) in [5, 5.41) is 10.5. The van der Waals surface area contributed by atoms with E-state index in [0.29, 0.717) is 15.4 Å². The van der Waals surface area contributed by atoms with Gasteiger partial charge in [0.15, 0.2) is 0 Å². The maximum atomic E-state index is 12.5. The Morgan fingerprint density at radius 3 is 2.68 bits per heavy atom. The molecule has 4 nitrogen and oxygen atoms in total. The quantitative estimate of drug-likeness (QED) is 0.722. The molecular weight excluding hydrogens is 327 g/mol. The Kier molecular flexibility index (Phi) is 3.72. The zero-order valence-corrected chi connectivity index (χ0v) is 12.9. The lowest BCUT2D eigenvalue weighted by Gasteiger charge is -2.10. The number of phenols is 1. The van der Waals surface area contributed by atoms with Crippen LogP contribution in [0.4, 0.5) is 0 Å². The van der Waals surface area contributed by atoms with Crippen LogP contribution in [-0.2, 0) is 0 Å². The summed E-state index contributed by atoms with van der Waals surface area (Å²) in [4.78, 5) is 12.5. The standard InChI is InChI=1S/C16H10Cl2O4/c1-8-16(22-14-6-9(17)2-5-12(14)18)15(20)11-4-3-10(19)7-13(11)21-8/h2-7,19H,1H3. The van der Waals surface area contributed by atoms with Gasteiger partial charge in [-0.25, -0.2) is 0 Å². The van der Waals surface area contributed by atoms with Crippen LogP contribution >= 0.6 is 23.2 Å². The third-order valence-corrected chi connectivity index (χ3v) is 3.65. The number of aryl methyl sites for hydroxylation is 1. The number of rotatable bonds is 2. The van der Waals surface area contributed by atoms with E-state index in [4.69, 9.17) is 32.4 Å². The number of hydrogen-bond donors (Lipinski definition) is 1. The Morgan fingerprint density at radius 1 is 1.14 bits per heavy atom. The highest BCUT2D eigenvalue weighted by molar-refractivity contribution is 6.34. The second-order valence-electron chi connectivity index (χ2n) is 4.67. The van der Waals surface area contributed by atoms with Crippen LogP contribution in [0.3, 0.4) is 0 Å². The van der Waals surface area contributed by atoms with Crippen molar-refractivity contribution in [2.45, 2.75) is 6.92 Å². The van der Waals surface area contributed by atoms with Crippen LogP contribution in [0.15, 0.2) is 45.6 Å². The van der Waals surface area contributed by atoms with E-state index in [1.807, 2.05) is 0 Å². The molecule has 0 bridgehead atoms. The molecule has 1 heterocycles. The molecule has 3 aromatic rings. The summed E-state index contributed by atoms with van der Waals surface area (Å²) in [5.41, 5.74) is -0.0677. The van der Waals surface area contributed by atoms with Gasteiger partial charge in [-0.3, -0.25) is 4.79 Å². The lowest BCUT2D eigenvalue weighted by atomic mass is 10.2. The molecule has 0 radical (unpaired) electrons. The van der Waals surface area contributed by atoms with E-state index in [1.165, 1.54) is 24.3 Å². The molecule has 0 unspecified atom stereocenters. The Bertz CT molecular complexity index is 931. The van der Waals surface area contributed by atoms with Gasteiger partial charge in [0.1, 0.15) is 22.8 Å². The van der Waals surface area contributed by atoms with E-state index in [-0.39, 0.29) is 34.0 Å². The van der Waals surface area contributed by atoms with Crippen LogP contribution in [0.5, 0.6) is 17.2 Å². The average Bonchev–Trinajstić information content (AvgIpc) is 2.46. The molecule has 2 aromatic carbocycles. The number of benzene rings is 2. The Labute approximate surface area is 135 Å². The van der Waals surface area contributed by atoms with E-state index in [1.54, 1.807) is 19.1 Å². The minimum absolute atomic E-state index is 0.0154. The van der Waals surface area contributed by atoms with Crippen molar-refractivity contribution in [3.05, 3.63) is 62.4 Å². The number of ether oxygens (including phenoxy) is 1. The largest absolute Gasteiger partial charge is 0.508 e. The average molecular weight is 337 g/mol. The zero-order valence-electron chi connectivity index (χ0n) is 11.4. The molecule has 1 N–H and O–H groups in total. The van der Waals surface area contributed by atoms with Gasteiger partial charge in [-0.2, -0.15) is 0 Å². The zero-order chi connectivity index (χ0) is 15.9. The third kappa shape index (κ3) is 2.63. The predicted molar refractivity (Wildman–Crippen MR) is 85.4 cm³/mol. The van der Waals surface area contributed by atoms with Crippen molar-refractivity contribution in [1.29, 1.82) is 0 Å². The maximum Gasteiger partial charge on any atom is 0.235 e. The van der Waals surface area contributed by atoms with Crippen molar-refractivity contribution in [3.8, 4) is 17.2 Å². The molecule has 0 fully saturated rings. The molecule has 6 heteroatoms.